The second-order valence-electron chi connectivity index (χ2n) is 6.19. The van der Waals surface area contributed by atoms with Crippen LogP contribution >= 0.6 is 11.3 Å². The molecular weight excluding hydrogens is 350 g/mol. The number of amides is 2. The molecule has 9 heteroatoms. The Labute approximate surface area is 155 Å². The summed E-state index contributed by atoms with van der Waals surface area (Å²) in [7, 11) is 1.74. The average Bonchev–Trinajstić information content (AvgIpc) is 3.29. The van der Waals surface area contributed by atoms with Crippen molar-refractivity contribution in [2.24, 2.45) is 0 Å². The maximum absolute atomic E-state index is 12.3. The minimum absolute atomic E-state index is 0.202. The summed E-state index contributed by atoms with van der Waals surface area (Å²) in [5.74, 6) is 0.957. The van der Waals surface area contributed by atoms with Crippen molar-refractivity contribution in [3.63, 3.8) is 0 Å². The lowest BCUT2D eigenvalue weighted by molar-refractivity contribution is 0.205. The third kappa shape index (κ3) is 4.23. The average molecular weight is 371 g/mol. The molecule has 0 atom stereocenters. The van der Waals surface area contributed by atoms with E-state index in [1.165, 1.54) is 0 Å². The molecule has 0 bridgehead atoms. The molecule has 0 fully saturated rings. The fourth-order valence-corrected chi connectivity index (χ4v) is 3.18. The van der Waals surface area contributed by atoms with Crippen molar-refractivity contribution in [2.45, 2.75) is 32.9 Å². The van der Waals surface area contributed by atoms with E-state index >= 15 is 0 Å². The number of nitrogens with one attached hydrogen (secondary N) is 1. The number of carbonyl (C=O) groups excluding carboxylic acids is 1. The molecule has 0 aliphatic heterocycles. The van der Waals surface area contributed by atoms with Gasteiger partial charge in [-0.25, -0.2) is 9.78 Å². The fraction of sp³-hybridized carbons (Fsp3) is 0.353. The van der Waals surface area contributed by atoms with Gasteiger partial charge in [-0.3, -0.25) is 0 Å². The normalized spacial score (nSPS) is 10.9. The predicted molar refractivity (Wildman–Crippen MR) is 99.1 cm³/mol. The van der Waals surface area contributed by atoms with Crippen LogP contribution in [0.3, 0.4) is 0 Å². The van der Waals surface area contributed by atoms with Gasteiger partial charge in [0.05, 0.1) is 29.5 Å². The van der Waals surface area contributed by atoms with Crippen molar-refractivity contribution in [2.75, 3.05) is 7.05 Å². The molecule has 0 aliphatic rings. The van der Waals surface area contributed by atoms with Gasteiger partial charge >= 0.3 is 6.03 Å². The minimum Gasteiger partial charge on any atom is -0.331 e. The molecule has 3 rings (SSSR count). The van der Waals surface area contributed by atoms with Crippen molar-refractivity contribution in [1.29, 1.82) is 0 Å². The van der Waals surface area contributed by atoms with Crippen LogP contribution in [-0.4, -0.2) is 43.2 Å². The molecule has 0 unspecified atom stereocenters. The Kier molecular flexibility index (Phi) is 5.57. The van der Waals surface area contributed by atoms with Crippen LogP contribution in [-0.2, 0) is 13.1 Å². The van der Waals surface area contributed by atoms with Crippen LogP contribution in [0.5, 0.6) is 0 Å². The largest absolute Gasteiger partial charge is 0.331 e. The van der Waals surface area contributed by atoms with Gasteiger partial charge < -0.3 is 10.2 Å². The summed E-state index contributed by atoms with van der Waals surface area (Å²) in [6.07, 6.45) is 0. The number of rotatable bonds is 6. The number of nitrogens with zero attached hydrogens (tertiary/aromatic N) is 6. The first-order valence-corrected chi connectivity index (χ1v) is 9.18. The summed E-state index contributed by atoms with van der Waals surface area (Å²) in [5, 5.41) is 17.6. The molecule has 1 aromatic carbocycles. The summed E-state index contributed by atoms with van der Waals surface area (Å²) in [5.41, 5.74) is 1.74. The number of urea groups is 1. The standard InChI is InChI=1S/C17H21N7OS/c1-12(2)16-19-13(11-26-16)10-23(3)17(25)18-9-15-20-21-22-24(15)14-7-5-4-6-8-14/h4-8,11-12H,9-10H2,1-3H3,(H,18,25). The Balaban J connectivity index is 1.58. The van der Waals surface area contributed by atoms with Gasteiger partial charge in [-0.1, -0.05) is 32.0 Å². The van der Waals surface area contributed by atoms with Gasteiger partial charge in [0, 0.05) is 18.3 Å². The molecule has 2 aromatic heterocycles. The van der Waals surface area contributed by atoms with E-state index in [1.807, 2.05) is 35.7 Å². The van der Waals surface area contributed by atoms with Crippen molar-refractivity contribution < 1.29 is 4.79 Å². The molecule has 0 saturated carbocycles. The number of para-hydroxylation sites is 1. The van der Waals surface area contributed by atoms with Gasteiger partial charge in [0.15, 0.2) is 5.82 Å². The van der Waals surface area contributed by atoms with E-state index in [0.717, 1.165) is 16.4 Å². The third-order valence-electron chi connectivity index (χ3n) is 3.74. The van der Waals surface area contributed by atoms with E-state index in [0.29, 0.717) is 18.3 Å². The molecule has 0 saturated heterocycles. The third-order valence-corrected chi connectivity index (χ3v) is 4.94. The summed E-state index contributed by atoms with van der Waals surface area (Å²) >= 11 is 1.62. The molecule has 136 valence electrons. The highest BCUT2D eigenvalue weighted by molar-refractivity contribution is 7.09. The lowest BCUT2D eigenvalue weighted by atomic mass is 10.2. The second-order valence-corrected chi connectivity index (χ2v) is 7.08. The van der Waals surface area contributed by atoms with Crippen LogP contribution in [0.2, 0.25) is 0 Å². The Morgan fingerprint density at radius 2 is 2.08 bits per heavy atom. The van der Waals surface area contributed by atoms with Crippen LogP contribution in [0.15, 0.2) is 35.7 Å². The van der Waals surface area contributed by atoms with Crippen molar-refractivity contribution in [1.82, 2.24) is 35.4 Å². The smallest absolute Gasteiger partial charge is 0.317 e. The lowest BCUT2D eigenvalue weighted by Crippen LogP contribution is -2.37. The van der Waals surface area contributed by atoms with E-state index in [4.69, 9.17) is 0 Å². The Hall–Kier alpha value is -2.81. The summed E-state index contributed by atoms with van der Waals surface area (Å²) in [4.78, 5) is 18.5. The molecule has 2 amide bonds. The van der Waals surface area contributed by atoms with Gasteiger partial charge in [-0.05, 0) is 22.6 Å². The summed E-state index contributed by atoms with van der Waals surface area (Å²) in [6.45, 7) is 4.91. The van der Waals surface area contributed by atoms with Crippen molar-refractivity contribution in [3.8, 4) is 5.69 Å². The quantitative estimate of drug-likeness (QED) is 0.719. The summed E-state index contributed by atoms with van der Waals surface area (Å²) < 4.78 is 1.61. The Morgan fingerprint density at radius 1 is 1.31 bits per heavy atom. The highest BCUT2D eigenvalue weighted by atomic mass is 32.1. The predicted octanol–water partition coefficient (Wildman–Crippen LogP) is 2.58. The molecule has 0 spiro atoms. The number of thiazole rings is 1. The van der Waals surface area contributed by atoms with Crippen molar-refractivity contribution in [3.05, 3.63) is 52.2 Å². The van der Waals surface area contributed by atoms with Gasteiger partial charge in [0.25, 0.3) is 0 Å². The molecule has 0 radical (unpaired) electrons. The van der Waals surface area contributed by atoms with Crippen LogP contribution in [0.1, 0.15) is 36.3 Å². The van der Waals surface area contributed by atoms with Gasteiger partial charge in [0.2, 0.25) is 0 Å². The molecule has 1 N–H and O–H groups in total. The Morgan fingerprint density at radius 3 is 2.77 bits per heavy atom. The molecule has 3 aromatic rings. The summed E-state index contributed by atoms with van der Waals surface area (Å²) in [6, 6.07) is 9.35. The SMILES string of the molecule is CC(C)c1nc(CN(C)C(=O)NCc2nnnn2-c2ccccc2)cs1. The first kappa shape index (κ1) is 18.0. The van der Waals surface area contributed by atoms with E-state index in [9.17, 15) is 4.79 Å². The zero-order chi connectivity index (χ0) is 18.5. The number of tetrazole rings is 1. The first-order chi connectivity index (χ1) is 12.5. The van der Waals surface area contributed by atoms with E-state index in [1.54, 1.807) is 28.0 Å². The zero-order valence-electron chi connectivity index (χ0n) is 15.0. The zero-order valence-corrected chi connectivity index (χ0v) is 15.8. The van der Waals surface area contributed by atoms with Gasteiger partial charge in [0.1, 0.15) is 0 Å². The van der Waals surface area contributed by atoms with Gasteiger partial charge in [-0.15, -0.1) is 16.4 Å². The molecule has 2 heterocycles. The van der Waals surface area contributed by atoms with Crippen LogP contribution in [0.4, 0.5) is 4.79 Å². The molecule has 0 aliphatic carbocycles. The number of aromatic nitrogens is 5. The maximum atomic E-state index is 12.3. The first-order valence-electron chi connectivity index (χ1n) is 8.30. The topological polar surface area (TPSA) is 88.8 Å². The molecule has 8 nitrogen and oxygen atoms in total. The monoisotopic (exact) mass is 371 g/mol. The minimum atomic E-state index is -0.202. The maximum Gasteiger partial charge on any atom is 0.317 e. The van der Waals surface area contributed by atoms with E-state index < -0.39 is 0 Å². The van der Waals surface area contributed by atoms with E-state index in [-0.39, 0.29) is 12.6 Å². The molecule has 26 heavy (non-hydrogen) atoms. The van der Waals surface area contributed by atoms with Crippen LogP contribution < -0.4 is 5.32 Å². The fourth-order valence-electron chi connectivity index (χ4n) is 2.35. The highest BCUT2D eigenvalue weighted by Gasteiger charge is 2.14. The van der Waals surface area contributed by atoms with Crippen molar-refractivity contribution >= 4 is 17.4 Å². The van der Waals surface area contributed by atoms with Crippen LogP contribution in [0.25, 0.3) is 5.69 Å². The second kappa shape index (κ2) is 8.05. The Bertz CT molecular complexity index is 859. The number of hydrogen-bond acceptors (Lipinski definition) is 6. The highest BCUT2D eigenvalue weighted by Crippen LogP contribution is 2.19. The molecular formula is C17H21N7OS. The van der Waals surface area contributed by atoms with Gasteiger partial charge in [-0.2, -0.15) is 4.68 Å². The lowest BCUT2D eigenvalue weighted by Gasteiger charge is -2.16. The van der Waals surface area contributed by atoms with Crippen LogP contribution in [0, 0.1) is 0 Å². The van der Waals surface area contributed by atoms with E-state index in [2.05, 4.69) is 39.7 Å². The number of hydrogen-bond donors (Lipinski definition) is 1. The number of carbonyl (C=O) groups is 1. The number of benzene rings is 1.